The Morgan fingerprint density at radius 2 is 1.47 bits per heavy atom. The van der Waals surface area contributed by atoms with Gasteiger partial charge in [-0.25, -0.2) is 18.8 Å². The predicted molar refractivity (Wildman–Crippen MR) is 120 cm³/mol. The molecule has 1 rings (SSSR count). The number of anilines is 1. The number of hydrogen-bond acceptors (Lipinski definition) is 6. The van der Waals surface area contributed by atoms with Crippen LogP contribution in [0.1, 0.15) is 68.0 Å². The molecule has 1 atom stereocenters. The number of carbonyl (C=O) groups excluding carboxylic acids is 2. The lowest BCUT2D eigenvalue weighted by atomic mass is 10.2. The average molecular weight is 460 g/mol. The molecule has 0 aliphatic rings. The molecule has 0 N–H and O–H groups in total. The second-order valence-electron chi connectivity index (χ2n) is 9.43. The van der Waals surface area contributed by atoms with Crippen LogP contribution in [0.3, 0.4) is 0 Å². The summed E-state index contributed by atoms with van der Waals surface area (Å²) in [5.41, 5.74) is -1.56. The van der Waals surface area contributed by atoms with Crippen molar-refractivity contribution in [2.24, 2.45) is 4.40 Å². The van der Waals surface area contributed by atoms with Gasteiger partial charge in [0.2, 0.25) is 0 Å². The molecule has 0 aliphatic carbocycles. The monoisotopic (exact) mass is 459 g/mol. The zero-order chi connectivity index (χ0) is 23.5. The van der Waals surface area contributed by atoms with E-state index in [1.54, 1.807) is 62.3 Å². The third kappa shape index (κ3) is 8.39. The minimum atomic E-state index is -1.53. The van der Waals surface area contributed by atoms with E-state index in [4.69, 9.17) is 21.1 Å². The quantitative estimate of drug-likeness (QED) is 0.569. The number of ether oxygens (including phenoxy) is 2. The van der Waals surface area contributed by atoms with Crippen LogP contribution in [0.15, 0.2) is 16.5 Å². The molecule has 8 nitrogen and oxygen atoms in total. The molecular formula is C20H30ClN3O5S. The molecule has 0 radical (unpaired) electrons. The molecule has 0 unspecified atom stereocenters. The first kappa shape index (κ1) is 26.0. The Labute approximate surface area is 185 Å². The van der Waals surface area contributed by atoms with E-state index in [1.807, 2.05) is 0 Å². The summed E-state index contributed by atoms with van der Waals surface area (Å²) in [6.07, 6.45) is -0.657. The third-order valence-corrected chi connectivity index (χ3v) is 4.70. The molecule has 1 aromatic heterocycles. The van der Waals surface area contributed by atoms with Gasteiger partial charge in [-0.15, -0.1) is 0 Å². The third-order valence-electron chi connectivity index (χ3n) is 3.03. The Morgan fingerprint density at radius 3 is 1.87 bits per heavy atom. The summed E-state index contributed by atoms with van der Waals surface area (Å²) in [6.45, 7) is 15.4. The summed E-state index contributed by atoms with van der Waals surface area (Å²) < 4.78 is 26.3. The van der Waals surface area contributed by atoms with Crippen molar-refractivity contribution in [3.8, 4) is 0 Å². The van der Waals surface area contributed by atoms with Crippen molar-refractivity contribution in [2.75, 3.05) is 4.90 Å². The smallest absolute Gasteiger partial charge is 0.425 e. The number of rotatable bonds is 3. The van der Waals surface area contributed by atoms with Crippen LogP contribution < -0.4 is 4.90 Å². The highest BCUT2D eigenvalue weighted by Gasteiger charge is 2.33. The lowest BCUT2D eigenvalue weighted by Crippen LogP contribution is -2.44. The van der Waals surface area contributed by atoms with E-state index < -0.39 is 39.1 Å². The molecule has 2 amide bonds. The van der Waals surface area contributed by atoms with Crippen molar-refractivity contribution in [3.05, 3.63) is 22.8 Å². The van der Waals surface area contributed by atoms with Gasteiger partial charge < -0.3 is 9.47 Å². The second-order valence-corrected chi connectivity index (χ2v) is 11.8. The first-order chi connectivity index (χ1) is 13.4. The SMILES string of the molecule is CC(C)(C)OC(=O)N(C(=O)OC(C)(C)C)c1ccc(Cl)c(C=N[S@@](=O)C(C)(C)C)n1. The van der Waals surface area contributed by atoms with E-state index in [9.17, 15) is 13.8 Å². The van der Waals surface area contributed by atoms with Crippen LogP contribution in [-0.4, -0.2) is 43.5 Å². The number of imide groups is 1. The van der Waals surface area contributed by atoms with Crippen LogP contribution >= 0.6 is 11.6 Å². The van der Waals surface area contributed by atoms with E-state index >= 15 is 0 Å². The van der Waals surface area contributed by atoms with Crippen LogP contribution in [-0.2, 0) is 20.5 Å². The van der Waals surface area contributed by atoms with E-state index in [2.05, 4.69) is 9.38 Å². The van der Waals surface area contributed by atoms with Crippen LogP contribution in [0, 0.1) is 0 Å². The van der Waals surface area contributed by atoms with Gasteiger partial charge in [-0.3, -0.25) is 0 Å². The van der Waals surface area contributed by atoms with Gasteiger partial charge in [0.05, 0.1) is 16.0 Å². The van der Waals surface area contributed by atoms with Gasteiger partial charge in [0.15, 0.2) is 0 Å². The fourth-order valence-electron chi connectivity index (χ4n) is 1.79. The summed E-state index contributed by atoms with van der Waals surface area (Å²) in [5, 5.41) is 0.210. The van der Waals surface area contributed by atoms with E-state index in [0.29, 0.717) is 4.90 Å². The number of hydrogen-bond donors (Lipinski definition) is 0. The Hall–Kier alpha value is -2.00. The molecule has 0 saturated carbocycles. The highest BCUT2D eigenvalue weighted by Crippen LogP contribution is 2.23. The molecule has 168 valence electrons. The van der Waals surface area contributed by atoms with E-state index in [1.165, 1.54) is 18.3 Å². The summed E-state index contributed by atoms with van der Waals surface area (Å²) >= 11 is 6.17. The molecule has 1 aromatic rings. The number of nitrogens with zero attached hydrogens (tertiary/aromatic N) is 3. The highest BCUT2D eigenvalue weighted by atomic mass is 35.5. The zero-order valence-corrected chi connectivity index (χ0v) is 20.5. The lowest BCUT2D eigenvalue weighted by Gasteiger charge is -2.28. The Balaban J connectivity index is 3.39. The maximum Gasteiger partial charge on any atom is 0.425 e. The average Bonchev–Trinajstić information content (AvgIpc) is 2.50. The van der Waals surface area contributed by atoms with Crippen molar-refractivity contribution >= 4 is 46.8 Å². The minimum Gasteiger partial charge on any atom is -0.443 e. The van der Waals surface area contributed by atoms with Crippen LogP contribution in [0.5, 0.6) is 0 Å². The normalized spacial score (nSPS) is 13.8. The van der Waals surface area contributed by atoms with E-state index in [-0.39, 0.29) is 16.5 Å². The molecule has 0 aromatic carbocycles. The number of carbonyl (C=O) groups is 2. The van der Waals surface area contributed by atoms with E-state index in [0.717, 1.165) is 0 Å². The topological polar surface area (TPSA) is 98.2 Å². The molecule has 30 heavy (non-hydrogen) atoms. The lowest BCUT2D eigenvalue weighted by molar-refractivity contribution is 0.0429. The first-order valence-electron chi connectivity index (χ1n) is 9.29. The van der Waals surface area contributed by atoms with Crippen molar-refractivity contribution in [2.45, 2.75) is 78.3 Å². The largest absolute Gasteiger partial charge is 0.443 e. The van der Waals surface area contributed by atoms with Gasteiger partial charge in [0, 0.05) is 0 Å². The molecule has 0 aliphatic heterocycles. The number of aromatic nitrogens is 1. The van der Waals surface area contributed by atoms with Crippen molar-refractivity contribution in [3.63, 3.8) is 0 Å². The maximum absolute atomic E-state index is 12.7. The summed E-state index contributed by atoms with van der Waals surface area (Å²) in [4.78, 5) is 30.4. The van der Waals surface area contributed by atoms with Gasteiger partial charge in [-0.2, -0.15) is 9.30 Å². The first-order valence-corrected chi connectivity index (χ1v) is 10.8. The maximum atomic E-state index is 12.7. The molecule has 10 heteroatoms. The van der Waals surface area contributed by atoms with Gasteiger partial charge in [-0.1, -0.05) is 11.6 Å². The molecule has 1 heterocycles. The standard InChI is InChI=1S/C20H30ClN3O5S/c1-18(2,3)28-16(25)24(17(26)29-19(4,5)6)15-11-10-13(21)14(23-15)12-22-30(27)20(7,8)9/h10-12H,1-9H3/t30-/m0/s1. The van der Waals surface area contributed by atoms with Crippen LogP contribution in [0.2, 0.25) is 5.02 Å². The zero-order valence-electron chi connectivity index (χ0n) is 18.9. The number of pyridine rings is 1. The molecule has 0 fully saturated rings. The number of amides is 2. The predicted octanol–water partition coefficient (Wildman–Crippen LogP) is 5.29. The fourth-order valence-corrected chi connectivity index (χ4v) is 2.46. The van der Waals surface area contributed by atoms with Crippen LogP contribution in [0.25, 0.3) is 0 Å². The van der Waals surface area contributed by atoms with Gasteiger partial charge in [0.25, 0.3) is 0 Å². The minimum absolute atomic E-state index is 0.0640. The van der Waals surface area contributed by atoms with Crippen molar-refractivity contribution < 1.29 is 23.3 Å². The summed E-state index contributed by atoms with van der Waals surface area (Å²) in [6, 6.07) is 2.83. The Kier molecular flexibility index (Phi) is 8.18. The van der Waals surface area contributed by atoms with Gasteiger partial charge in [0.1, 0.15) is 33.7 Å². The fraction of sp³-hybridized carbons (Fsp3) is 0.600. The number of halogens is 1. The van der Waals surface area contributed by atoms with Crippen LogP contribution in [0.4, 0.5) is 15.4 Å². The highest BCUT2D eigenvalue weighted by molar-refractivity contribution is 7.85. The van der Waals surface area contributed by atoms with Gasteiger partial charge >= 0.3 is 12.2 Å². The van der Waals surface area contributed by atoms with Gasteiger partial charge in [-0.05, 0) is 74.4 Å². The Bertz CT molecular complexity index is 823. The second kappa shape index (κ2) is 9.43. The molecule has 0 bridgehead atoms. The summed E-state index contributed by atoms with van der Waals surface area (Å²) in [5.74, 6) is -0.0640. The molecule has 0 spiro atoms. The summed E-state index contributed by atoms with van der Waals surface area (Å²) in [7, 11) is -1.53. The van der Waals surface area contributed by atoms with Crippen molar-refractivity contribution in [1.29, 1.82) is 0 Å². The molecular weight excluding hydrogens is 430 g/mol. The van der Waals surface area contributed by atoms with Crippen molar-refractivity contribution in [1.82, 2.24) is 4.98 Å². The molecule has 0 saturated heterocycles. The Morgan fingerprint density at radius 1 is 1.00 bits per heavy atom.